The van der Waals surface area contributed by atoms with Gasteiger partial charge in [-0.3, -0.25) is 9.69 Å². The summed E-state index contributed by atoms with van der Waals surface area (Å²) in [7, 11) is 0. The van der Waals surface area contributed by atoms with Crippen molar-refractivity contribution in [2.45, 2.75) is 13.5 Å². The summed E-state index contributed by atoms with van der Waals surface area (Å²) in [4.78, 5) is 21.8. The van der Waals surface area contributed by atoms with Gasteiger partial charge in [0.25, 0.3) is 5.91 Å². The van der Waals surface area contributed by atoms with Crippen LogP contribution in [0.15, 0.2) is 91.1 Å². The Hall–Kier alpha value is -4.56. The highest BCUT2D eigenvalue weighted by Gasteiger charge is 2.26. The van der Waals surface area contributed by atoms with Gasteiger partial charge in [-0.25, -0.2) is 13.8 Å². The Balaban J connectivity index is 1.31. The first kappa shape index (κ1) is 26.7. The van der Waals surface area contributed by atoms with Gasteiger partial charge in [0.2, 0.25) is 0 Å². The molecular formula is C33H30F2N4O2. The van der Waals surface area contributed by atoms with Crippen LogP contribution in [0.5, 0.6) is 5.75 Å². The van der Waals surface area contributed by atoms with E-state index >= 15 is 0 Å². The minimum atomic E-state index is -0.503. The fourth-order valence-corrected chi connectivity index (χ4v) is 5.31. The Morgan fingerprint density at radius 2 is 1.61 bits per heavy atom. The summed E-state index contributed by atoms with van der Waals surface area (Å²) in [5, 5.41) is 0. The SMILES string of the molecule is CCOc1cccc(-c2ccc3nc(-c4ccc(F)cc4)c(CN4CCN(C(=O)c5ccccc5F)CC4)n3c2)c1. The molecule has 41 heavy (non-hydrogen) atoms. The predicted molar refractivity (Wildman–Crippen MR) is 155 cm³/mol. The number of imidazole rings is 1. The van der Waals surface area contributed by atoms with Gasteiger partial charge in [0.1, 0.15) is 23.0 Å². The second-order valence-electron chi connectivity index (χ2n) is 10.1. The first-order chi connectivity index (χ1) is 20.0. The number of pyridine rings is 1. The van der Waals surface area contributed by atoms with Crippen LogP contribution in [-0.2, 0) is 6.54 Å². The summed E-state index contributed by atoms with van der Waals surface area (Å²) < 4.78 is 35.8. The van der Waals surface area contributed by atoms with Crippen molar-refractivity contribution in [2.24, 2.45) is 0 Å². The lowest BCUT2D eigenvalue weighted by Crippen LogP contribution is -2.48. The summed E-state index contributed by atoms with van der Waals surface area (Å²) in [5.74, 6) is -0.280. The van der Waals surface area contributed by atoms with E-state index in [9.17, 15) is 13.6 Å². The number of rotatable bonds is 7. The molecule has 3 heterocycles. The van der Waals surface area contributed by atoms with E-state index in [1.807, 2.05) is 43.3 Å². The zero-order valence-corrected chi connectivity index (χ0v) is 22.8. The molecule has 0 radical (unpaired) electrons. The van der Waals surface area contributed by atoms with E-state index in [0.29, 0.717) is 39.3 Å². The third-order valence-corrected chi connectivity index (χ3v) is 7.45. The summed E-state index contributed by atoms with van der Waals surface area (Å²) in [6, 6.07) is 24.5. The van der Waals surface area contributed by atoms with Crippen molar-refractivity contribution in [1.82, 2.24) is 19.2 Å². The highest BCUT2D eigenvalue weighted by Crippen LogP contribution is 2.30. The van der Waals surface area contributed by atoms with Crippen molar-refractivity contribution in [2.75, 3.05) is 32.8 Å². The van der Waals surface area contributed by atoms with Crippen LogP contribution < -0.4 is 4.74 Å². The highest BCUT2D eigenvalue weighted by molar-refractivity contribution is 5.94. The fraction of sp³-hybridized carbons (Fsp3) is 0.212. The van der Waals surface area contributed by atoms with Gasteiger partial charge in [0, 0.05) is 44.5 Å². The topological polar surface area (TPSA) is 50.1 Å². The van der Waals surface area contributed by atoms with Gasteiger partial charge in [0.05, 0.1) is 23.6 Å². The summed E-state index contributed by atoms with van der Waals surface area (Å²) in [6.07, 6.45) is 2.08. The number of hydrogen-bond donors (Lipinski definition) is 0. The normalized spacial score (nSPS) is 14.0. The molecule has 0 spiro atoms. The molecule has 0 aliphatic carbocycles. The number of benzene rings is 3. The first-order valence-corrected chi connectivity index (χ1v) is 13.8. The lowest BCUT2D eigenvalue weighted by atomic mass is 10.1. The van der Waals surface area contributed by atoms with Crippen molar-refractivity contribution in [3.8, 4) is 28.1 Å². The smallest absolute Gasteiger partial charge is 0.256 e. The van der Waals surface area contributed by atoms with Crippen LogP contribution in [0.3, 0.4) is 0 Å². The van der Waals surface area contributed by atoms with Gasteiger partial charge >= 0.3 is 0 Å². The van der Waals surface area contributed by atoms with E-state index < -0.39 is 5.82 Å². The maximum atomic E-state index is 14.2. The fourth-order valence-electron chi connectivity index (χ4n) is 5.31. The summed E-state index contributed by atoms with van der Waals surface area (Å²) >= 11 is 0. The minimum Gasteiger partial charge on any atom is -0.494 e. The summed E-state index contributed by atoms with van der Waals surface area (Å²) in [5.41, 5.74) is 5.53. The van der Waals surface area contributed by atoms with Crippen molar-refractivity contribution < 1.29 is 18.3 Å². The number of carbonyl (C=O) groups excluding carboxylic acids is 1. The Morgan fingerprint density at radius 3 is 2.37 bits per heavy atom. The molecule has 208 valence electrons. The molecule has 3 aromatic carbocycles. The standard InChI is InChI=1S/C33H30F2N4O2/c1-2-41-27-7-5-6-24(20-27)25-12-15-31-36-32(23-10-13-26(34)14-11-23)30(39(31)21-25)22-37-16-18-38(19-17-37)33(40)28-8-3-4-9-29(28)35/h3-15,20-21H,2,16-19,22H2,1H3. The molecule has 6 nitrogen and oxygen atoms in total. The van der Waals surface area contributed by atoms with E-state index in [1.54, 1.807) is 29.2 Å². The minimum absolute atomic E-state index is 0.0993. The second kappa shape index (κ2) is 11.5. The maximum Gasteiger partial charge on any atom is 0.256 e. The molecular weight excluding hydrogens is 522 g/mol. The van der Waals surface area contributed by atoms with E-state index in [4.69, 9.17) is 9.72 Å². The van der Waals surface area contributed by atoms with Gasteiger partial charge in [-0.15, -0.1) is 0 Å². The Labute approximate surface area is 237 Å². The van der Waals surface area contributed by atoms with E-state index in [0.717, 1.165) is 39.5 Å². The Morgan fingerprint density at radius 1 is 0.854 bits per heavy atom. The highest BCUT2D eigenvalue weighted by atomic mass is 19.1. The number of aromatic nitrogens is 2. The quantitative estimate of drug-likeness (QED) is 0.238. The molecule has 5 aromatic rings. The molecule has 0 atom stereocenters. The van der Waals surface area contributed by atoms with Gasteiger partial charge in [-0.2, -0.15) is 0 Å². The third-order valence-electron chi connectivity index (χ3n) is 7.45. The van der Waals surface area contributed by atoms with Crippen LogP contribution >= 0.6 is 0 Å². The molecule has 2 aromatic heterocycles. The molecule has 1 saturated heterocycles. The molecule has 0 unspecified atom stereocenters. The van der Waals surface area contributed by atoms with Crippen LogP contribution in [-0.4, -0.2) is 57.9 Å². The molecule has 0 saturated carbocycles. The zero-order chi connectivity index (χ0) is 28.3. The average molecular weight is 553 g/mol. The van der Waals surface area contributed by atoms with Gasteiger partial charge in [-0.1, -0.05) is 24.3 Å². The number of halogens is 2. The molecule has 0 N–H and O–H groups in total. The number of piperazine rings is 1. The number of nitrogens with zero attached hydrogens (tertiary/aromatic N) is 4. The van der Waals surface area contributed by atoms with Crippen LogP contribution in [0.25, 0.3) is 28.0 Å². The molecule has 1 fully saturated rings. The molecule has 1 aliphatic rings. The average Bonchev–Trinajstić information content (AvgIpc) is 3.35. The first-order valence-electron chi connectivity index (χ1n) is 13.8. The lowest BCUT2D eigenvalue weighted by molar-refractivity contribution is 0.0622. The van der Waals surface area contributed by atoms with Crippen molar-refractivity contribution in [3.05, 3.63) is 114 Å². The third kappa shape index (κ3) is 5.56. The number of carbonyl (C=O) groups is 1. The predicted octanol–water partition coefficient (Wildman–Crippen LogP) is 6.30. The zero-order valence-electron chi connectivity index (χ0n) is 22.8. The van der Waals surface area contributed by atoms with Crippen molar-refractivity contribution >= 4 is 11.6 Å². The lowest BCUT2D eigenvalue weighted by Gasteiger charge is -2.34. The molecule has 1 amide bonds. The van der Waals surface area contributed by atoms with Crippen LogP contribution in [0.2, 0.25) is 0 Å². The van der Waals surface area contributed by atoms with Crippen LogP contribution in [0.4, 0.5) is 8.78 Å². The second-order valence-corrected chi connectivity index (χ2v) is 10.1. The van der Waals surface area contributed by atoms with Crippen molar-refractivity contribution in [3.63, 3.8) is 0 Å². The molecule has 0 bridgehead atoms. The molecule has 8 heteroatoms. The Bertz CT molecular complexity index is 1690. The number of hydrogen-bond acceptors (Lipinski definition) is 4. The van der Waals surface area contributed by atoms with E-state index in [2.05, 4.69) is 15.5 Å². The van der Waals surface area contributed by atoms with E-state index in [-0.39, 0.29) is 17.3 Å². The Kier molecular flexibility index (Phi) is 7.48. The van der Waals surface area contributed by atoms with Crippen LogP contribution in [0, 0.1) is 11.6 Å². The van der Waals surface area contributed by atoms with Gasteiger partial charge < -0.3 is 14.0 Å². The van der Waals surface area contributed by atoms with E-state index in [1.165, 1.54) is 24.3 Å². The summed E-state index contributed by atoms with van der Waals surface area (Å²) in [6.45, 7) is 5.38. The van der Waals surface area contributed by atoms with Gasteiger partial charge in [-0.05, 0) is 78.7 Å². The number of ether oxygens (including phenoxy) is 1. The molecule has 1 aliphatic heterocycles. The van der Waals surface area contributed by atoms with Crippen LogP contribution in [0.1, 0.15) is 23.0 Å². The maximum absolute atomic E-state index is 14.2. The molecule has 6 rings (SSSR count). The largest absolute Gasteiger partial charge is 0.494 e. The van der Waals surface area contributed by atoms with Crippen molar-refractivity contribution in [1.29, 1.82) is 0 Å². The van der Waals surface area contributed by atoms with Gasteiger partial charge in [0.15, 0.2) is 0 Å². The number of amides is 1. The number of fused-ring (bicyclic) bond motifs is 1. The monoisotopic (exact) mass is 552 g/mol.